The fourth-order valence-corrected chi connectivity index (χ4v) is 24.0. The molecule has 3 atom stereocenters. The first-order chi connectivity index (χ1) is 10.0. The molecule has 0 bridgehead atoms. The molecule has 2 heteroatoms. The Balaban J connectivity index is 2.77. The van der Waals surface area contributed by atoms with Gasteiger partial charge in [0.2, 0.25) is 0 Å². The van der Waals surface area contributed by atoms with Gasteiger partial charge in [0.25, 0.3) is 0 Å². The van der Waals surface area contributed by atoms with E-state index in [2.05, 4.69) is 34.6 Å². The zero-order chi connectivity index (χ0) is 15.9. The third kappa shape index (κ3) is 5.71. The van der Waals surface area contributed by atoms with Crippen LogP contribution in [-0.4, -0.2) is 29.6 Å². The van der Waals surface area contributed by atoms with Gasteiger partial charge in [-0.3, -0.25) is 0 Å². The van der Waals surface area contributed by atoms with Crippen molar-refractivity contribution >= 4 is 18.4 Å². The van der Waals surface area contributed by atoms with Gasteiger partial charge in [-0.1, -0.05) is 0 Å². The number of unbranched alkanes of at least 4 members (excludes halogenated alkanes) is 3. The topological polar surface area (TPSA) is 20.2 Å². The SMILES string of the molecule is CCC[CH2][Sn]([CH2]CCC)([CH2]CCC)[C@H]1C[C@@H]1[C@H](O)C(C)C. The van der Waals surface area contributed by atoms with Crippen LogP contribution >= 0.6 is 0 Å². The summed E-state index contributed by atoms with van der Waals surface area (Å²) >= 11 is -2.03. The molecule has 1 fully saturated rings. The maximum absolute atomic E-state index is 10.5. The van der Waals surface area contributed by atoms with Crippen LogP contribution in [0.25, 0.3) is 0 Å². The van der Waals surface area contributed by atoms with Crippen molar-refractivity contribution in [1.82, 2.24) is 0 Å². The van der Waals surface area contributed by atoms with Gasteiger partial charge in [-0.2, -0.15) is 0 Å². The van der Waals surface area contributed by atoms with Crippen molar-refractivity contribution in [2.75, 3.05) is 0 Å². The fourth-order valence-electron chi connectivity index (χ4n) is 4.31. The molecule has 0 amide bonds. The number of rotatable bonds is 12. The van der Waals surface area contributed by atoms with Gasteiger partial charge >= 0.3 is 138 Å². The number of aliphatic hydroxyl groups excluding tert-OH is 1. The van der Waals surface area contributed by atoms with E-state index in [4.69, 9.17) is 0 Å². The quantitative estimate of drug-likeness (QED) is 0.383. The van der Waals surface area contributed by atoms with Crippen molar-refractivity contribution in [2.45, 2.75) is 103 Å². The third-order valence-corrected chi connectivity index (χ3v) is 23.8. The second-order valence-corrected chi connectivity index (χ2v) is 22.1. The van der Waals surface area contributed by atoms with Gasteiger partial charge in [-0.15, -0.1) is 0 Å². The molecule has 1 aliphatic rings. The molecule has 1 rings (SSSR count). The van der Waals surface area contributed by atoms with Gasteiger partial charge in [0, 0.05) is 0 Å². The molecule has 0 aromatic heterocycles. The third-order valence-electron chi connectivity index (χ3n) is 5.83. The molecule has 1 nitrogen and oxygen atoms in total. The summed E-state index contributed by atoms with van der Waals surface area (Å²) in [7, 11) is 0. The van der Waals surface area contributed by atoms with Gasteiger partial charge in [-0.05, 0) is 0 Å². The van der Waals surface area contributed by atoms with E-state index >= 15 is 0 Å². The van der Waals surface area contributed by atoms with Crippen LogP contribution in [0.1, 0.15) is 79.6 Å². The summed E-state index contributed by atoms with van der Waals surface area (Å²) in [5.74, 6) is 1.14. The van der Waals surface area contributed by atoms with Gasteiger partial charge in [0.15, 0.2) is 0 Å². The second kappa shape index (κ2) is 9.80. The summed E-state index contributed by atoms with van der Waals surface area (Å²) in [6, 6.07) is 0. The summed E-state index contributed by atoms with van der Waals surface area (Å²) < 4.78 is 5.84. The van der Waals surface area contributed by atoms with Crippen molar-refractivity contribution in [1.29, 1.82) is 0 Å². The average Bonchev–Trinajstić information content (AvgIpc) is 3.27. The molecule has 0 heterocycles. The minimum absolute atomic E-state index is 0.0176. The first kappa shape index (κ1) is 19.8. The summed E-state index contributed by atoms with van der Waals surface area (Å²) in [4.78, 5) is 0. The monoisotopic (exact) mass is 404 g/mol. The molecule has 0 aromatic carbocycles. The standard InChI is InChI=1S/C7H13O.3C4H9.Sn/c1-5(2)7(8)6-3-4-6;3*1-3-4-2;/h3,5-8H,4H2,1-2H3;3*1,3-4H2,2H3;/t6-,7-;;;;/m1..../s1. The first-order valence-corrected chi connectivity index (χ1v) is 17.4. The first-order valence-electron chi connectivity index (χ1n) is 9.70. The molecule has 21 heavy (non-hydrogen) atoms. The molecular formula is C19H40OSn. The molecule has 0 radical (unpaired) electrons. The van der Waals surface area contributed by atoms with E-state index in [0.717, 1.165) is 3.93 Å². The normalized spacial score (nSPS) is 23.6. The van der Waals surface area contributed by atoms with Crippen LogP contribution < -0.4 is 0 Å². The molecule has 0 spiro atoms. The van der Waals surface area contributed by atoms with Gasteiger partial charge in [0.05, 0.1) is 0 Å². The van der Waals surface area contributed by atoms with Crippen LogP contribution in [0.2, 0.25) is 17.2 Å². The Labute approximate surface area is 138 Å². The van der Waals surface area contributed by atoms with E-state index in [-0.39, 0.29) is 6.10 Å². The van der Waals surface area contributed by atoms with Gasteiger partial charge < -0.3 is 0 Å². The summed E-state index contributed by atoms with van der Waals surface area (Å²) in [6.07, 6.45) is 9.84. The summed E-state index contributed by atoms with van der Waals surface area (Å²) in [5.41, 5.74) is 0. The van der Waals surface area contributed by atoms with E-state index in [1.165, 1.54) is 44.9 Å². The molecule has 1 aliphatic carbocycles. The van der Waals surface area contributed by atoms with E-state index in [0.29, 0.717) is 11.8 Å². The Bertz CT molecular complexity index is 255. The Morgan fingerprint density at radius 2 is 1.33 bits per heavy atom. The molecule has 0 aliphatic heterocycles. The van der Waals surface area contributed by atoms with Crippen molar-refractivity contribution in [3.63, 3.8) is 0 Å². The zero-order valence-electron chi connectivity index (χ0n) is 15.3. The summed E-state index contributed by atoms with van der Waals surface area (Å²) in [6.45, 7) is 11.4. The van der Waals surface area contributed by atoms with Crippen molar-refractivity contribution < 1.29 is 5.11 Å². The van der Waals surface area contributed by atoms with Gasteiger partial charge in [-0.25, -0.2) is 0 Å². The van der Waals surface area contributed by atoms with Crippen LogP contribution in [0.5, 0.6) is 0 Å². The minimum atomic E-state index is -2.03. The number of aliphatic hydroxyl groups is 1. The van der Waals surface area contributed by atoms with E-state index < -0.39 is 18.4 Å². The molecular weight excluding hydrogens is 363 g/mol. The van der Waals surface area contributed by atoms with Crippen LogP contribution in [-0.2, 0) is 0 Å². The zero-order valence-corrected chi connectivity index (χ0v) is 18.2. The summed E-state index contributed by atoms with van der Waals surface area (Å²) in [5, 5.41) is 10.5. The van der Waals surface area contributed by atoms with Gasteiger partial charge in [0.1, 0.15) is 0 Å². The Morgan fingerprint density at radius 1 is 0.905 bits per heavy atom. The van der Waals surface area contributed by atoms with Crippen LogP contribution in [0.15, 0.2) is 0 Å². The molecule has 0 saturated heterocycles. The Morgan fingerprint density at radius 3 is 1.67 bits per heavy atom. The fraction of sp³-hybridized carbons (Fsp3) is 1.00. The van der Waals surface area contributed by atoms with Crippen molar-refractivity contribution in [3.8, 4) is 0 Å². The number of hydrogen-bond donors (Lipinski definition) is 1. The average molecular weight is 403 g/mol. The molecule has 1 N–H and O–H groups in total. The Kier molecular flexibility index (Phi) is 9.24. The Hall–Kier alpha value is 0.759. The predicted octanol–water partition coefficient (Wildman–Crippen LogP) is 6.24. The van der Waals surface area contributed by atoms with Crippen LogP contribution in [0.4, 0.5) is 0 Å². The molecule has 0 aromatic rings. The van der Waals surface area contributed by atoms with Crippen LogP contribution in [0, 0.1) is 11.8 Å². The molecule has 0 unspecified atom stereocenters. The number of hydrogen-bond acceptors (Lipinski definition) is 1. The van der Waals surface area contributed by atoms with Crippen molar-refractivity contribution in [3.05, 3.63) is 0 Å². The van der Waals surface area contributed by atoms with Crippen molar-refractivity contribution in [2.24, 2.45) is 11.8 Å². The maximum atomic E-state index is 10.5. The predicted molar refractivity (Wildman–Crippen MR) is 97.6 cm³/mol. The van der Waals surface area contributed by atoms with E-state index in [9.17, 15) is 5.11 Å². The molecule has 126 valence electrons. The van der Waals surface area contributed by atoms with E-state index in [1.54, 1.807) is 13.3 Å². The second-order valence-electron chi connectivity index (χ2n) is 7.91. The van der Waals surface area contributed by atoms with E-state index in [1.807, 2.05) is 0 Å². The van der Waals surface area contributed by atoms with Crippen LogP contribution in [0.3, 0.4) is 0 Å². The molecule has 1 saturated carbocycles.